The van der Waals surface area contributed by atoms with Crippen LogP contribution >= 0.6 is 0 Å². The van der Waals surface area contributed by atoms with Crippen molar-refractivity contribution in [3.05, 3.63) is 47.4 Å². The number of rotatable bonds is 7. The van der Waals surface area contributed by atoms with Crippen molar-refractivity contribution < 1.29 is 18.5 Å². The van der Waals surface area contributed by atoms with Crippen molar-refractivity contribution in [3.63, 3.8) is 0 Å². The summed E-state index contributed by atoms with van der Waals surface area (Å²) in [6.45, 7) is 8.24. The summed E-state index contributed by atoms with van der Waals surface area (Å²) in [4.78, 5) is 21.1. The van der Waals surface area contributed by atoms with Gasteiger partial charge >= 0.3 is 0 Å². The number of aryl methyl sites for hydroxylation is 1. The van der Waals surface area contributed by atoms with E-state index in [2.05, 4.69) is 20.4 Å². The van der Waals surface area contributed by atoms with Crippen LogP contribution in [0.1, 0.15) is 43.9 Å². The second kappa shape index (κ2) is 8.46. The Morgan fingerprint density at radius 2 is 1.90 bits per heavy atom. The van der Waals surface area contributed by atoms with E-state index in [9.17, 15) is 4.79 Å². The molecule has 0 aliphatic carbocycles. The van der Waals surface area contributed by atoms with Crippen LogP contribution in [0.2, 0.25) is 0 Å². The molecule has 1 N–H and O–H groups in total. The standard InChI is InChI=1S/C21H26N4O4/c1-13-16(23-19(28-13)14-6-8-15(27-5)9-7-14)12-18(26)22-11-10-17-24-20(29-25-17)21(2,3)4/h6-9H,10-12H2,1-5H3,(H,22,26). The minimum atomic E-state index is -0.194. The molecule has 2 heterocycles. The molecule has 1 aromatic carbocycles. The number of nitrogens with zero attached hydrogens (tertiary/aromatic N) is 3. The minimum absolute atomic E-state index is 0.137. The predicted molar refractivity (Wildman–Crippen MR) is 107 cm³/mol. The minimum Gasteiger partial charge on any atom is -0.497 e. The van der Waals surface area contributed by atoms with Gasteiger partial charge in [-0.05, 0) is 31.2 Å². The van der Waals surface area contributed by atoms with Crippen molar-refractivity contribution in [1.29, 1.82) is 0 Å². The van der Waals surface area contributed by atoms with E-state index in [0.717, 1.165) is 11.3 Å². The molecule has 0 atom stereocenters. The molecule has 0 spiro atoms. The molecule has 0 saturated carbocycles. The third kappa shape index (κ3) is 5.22. The summed E-state index contributed by atoms with van der Waals surface area (Å²) in [6.07, 6.45) is 0.644. The van der Waals surface area contributed by atoms with Gasteiger partial charge in [-0.1, -0.05) is 25.9 Å². The third-order valence-electron chi connectivity index (χ3n) is 4.34. The zero-order valence-electron chi connectivity index (χ0n) is 17.4. The molecule has 8 heteroatoms. The Hall–Kier alpha value is -3.16. The SMILES string of the molecule is COc1ccc(-c2nc(CC(=O)NCCc3noc(C(C)(C)C)n3)c(C)o2)cc1. The fourth-order valence-corrected chi connectivity index (χ4v) is 2.64. The first-order chi connectivity index (χ1) is 13.8. The Kier molecular flexibility index (Phi) is 6.00. The van der Waals surface area contributed by atoms with E-state index >= 15 is 0 Å². The lowest BCUT2D eigenvalue weighted by Crippen LogP contribution is -2.27. The van der Waals surface area contributed by atoms with Crippen LogP contribution in [0.15, 0.2) is 33.2 Å². The molecule has 1 amide bonds. The lowest BCUT2D eigenvalue weighted by molar-refractivity contribution is -0.120. The zero-order valence-corrected chi connectivity index (χ0v) is 17.4. The Labute approximate surface area is 169 Å². The predicted octanol–water partition coefficient (Wildman–Crippen LogP) is 3.24. The van der Waals surface area contributed by atoms with Gasteiger partial charge in [0, 0.05) is 23.9 Å². The third-order valence-corrected chi connectivity index (χ3v) is 4.34. The average Bonchev–Trinajstić information content (AvgIpc) is 3.29. The van der Waals surface area contributed by atoms with Crippen molar-refractivity contribution in [3.8, 4) is 17.2 Å². The number of nitrogens with one attached hydrogen (secondary N) is 1. The van der Waals surface area contributed by atoms with Crippen molar-refractivity contribution in [2.24, 2.45) is 0 Å². The molecule has 0 radical (unpaired) electrons. The maximum atomic E-state index is 12.3. The summed E-state index contributed by atoms with van der Waals surface area (Å²) in [5.41, 5.74) is 1.25. The van der Waals surface area contributed by atoms with Crippen LogP contribution in [-0.4, -0.2) is 34.7 Å². The molecule has 2 aromatic heterocycles. The van der Waals surface area contributed by atoms with E-state index in [1.165, 1.54) is 0 Å². The molecule has 29 heavy (non-hydrogen) atoms. The molecule has 154 valence electrons. The van der Waals surface area contributed by atoms with Gasteiger partial charge in [0.25, 0.3) is 0 Å². The van der Waals surface area contributed by atoms with Crippen LogP contribution in [-0.2, 0) is 23.1 Å². The lowest BCUT2D eigenvalue weighted by atomic mass is 9.97. The van der Waals surface area contributed by atoms with Gasteiger partial charge in [-0.3, -0.25) is 4.79 Å². The highest BCUT2D eigenvalue weighted by molar-refractivity contribution is 5.78. The van der Waals surface area contributed by atoms with Gasteiger partial charge in [0.2, 0.25) is 17.7 Å². The van der Waals surface area contributed by atoms with E-state index < -0.39 is 0 Å². The summed E-state index contributed by atoms with van der Waals surface area (Å²) in [7, 11) is 1.61. The Morgan fingerprint density at radius 3 is 2.52 bits per heavy atom. The van der Waals surface area contributed by atoms with Gasteiger partial charge in [0.1, 0.15) is 11.5 Å². The molecule has 0 fully saturated rings. The van der Waals surface area contributed by atoms with Gasteiger partial charge in [-0.2, -0.15) is 4.98 Å². The molecule has 0 bridgehead atoms. The van der Waals surface area contributed by atoms with E-state index in [1.807, 2.05) is 45.0 Å². The molecular formula is C21H26N4O4. The number of oxazole rings is 1. The fraction of sp³-hybridized carbons (Fsp3) is 0.429. The first-order valence-corrected chi connectivity index (χ1v) is 9.47. The van der Waals surface area contributed by atoms with Crippen LogP contribution < -0.4 is 10.1 Å². The largest absolute Gasteiger partial charge is 0.497 e. The number of carbonyl (C=O) groups excluding carboxylic acids is 1. The molecule has 0 aliphatic heterocycles. The van der Waals surface area contributed by atoms with Crippen molar-refractivity contribution in [2.45, 2.75) is 46.0 Å². The monoisotopic (exact) mass is 398 g/mol. The number of carbonyl (C=O) groups is 1. The van der Waals surface area contributed by atoms with Crippen LogP contribution in [0.4, 0.5) is 0 Å². The normalized spacial score (nSPS) is 11.5. The van der Waals surface area contributed by atoms with Crippen LogP contribution in [0, 0.1) is 6.92 Å². The van der Waals surface area contributed by atoms with Gasteiger partial charge in [0.05, 0.1) is 19.2 Å². The molecule has 0 saturated heterocycles. The highest BCUT2D eigenvalue weighted by atomic mass is 16.5. The second-order valence-corrected chi connectivity index (χ2v) is 7.79. The maximum Gasteiger partial charge on any atom is 0.232 e. The maximum absolute atomic E-state index is 12.3. The summed E-state index contributed by atoms with van der Waals surface area (Å²) in [5, 5.41) is 6.81. The Morgan fingerprint density at radius 1 is 1.17 bits per heavy atom. The molecular weight excluding hydrogens is 372 g/mol. The Bertz CT molecular complexity index is 967. The number of benzene rings is 1. The van der Waals surface area contributed by atoms with E-state index in [4.69, 9.17) is 13.7 Å². The summed E-state index contributed by atoms with van der Waals surface area (Å²) in [6, 6.07) is 7.41. The van der Waals surface area contributed by atoms with Gasteiger partial charge in [-0.15, -0.1) is 0 Å². The molecule has 0 aliphatic rings. The lowest BCUT2D eigenvalue weighted by Gasteiger charge is -2.10. The van der Waals surface area contributed by atoms with E-state index in [-0.39, 0.29) is 17.7 Å². The first-order valence-electron chi connectivity index (χ1n) is 9.47. The number of hydrogen-bond acceptors (Lipinski definition) is 7. The van der Waals surface area contributed by atoms with Crippen molar-refractivity contribution in [2.75, 3.05) is 13.7 Å². The van der Waals surface area contributed by atoms with Crippen molar-refractivity contribution >= 4 is 5.91 Å². The molecule has 3 aromatic rings. The number of hydrogen-bond donors (Lipinski definition) is 1. The number of aromatic nitrogens is 3. The zero-order chi connectivity index (χ0) is 21.0. The van der Waals surface area contributed by atoms with Crippen molar-refractivity contribution in [1.82, 2.24) is 20.4 Å². The second-order valence-electron chi connectivity index (χ2n) is 7.79. The van der Waals surface area contributed by atoms with Crippen LogP contribution in [0.3, 0.4) is 0 Å². The van der Waals surface area contributed by atoms with Gasteiger partial charge in [0.15, 0.2) is 5.82 Å². The molecule has 3 rings (SSSR count). The highest BCUT2D eigenvalue weighted by Crippen LogP contribution is 2.24. The van der Waals surface area contributed by atoms with Gasteiger partial charge in [-0.25, -0.2) is 4.98 Å². The number of amides is 1. The highest BCUT2D eigenvalue weighted by Gasteiger charge is 2.21. The first kappa shape index (κ1) is 20.6. The smallest absolute Gasteiger partial charge is 0.232 e. The molecule has 0 unspecified atom stereocenters. The van der Waals surface area contributed by atoms with E-state index in [0.29, 0.717) is 42.0 Å². The summed E-state index contributed by atoms with van der Waals surface area (Å²) in [5.74, 6) is 2.89. The van der Waals surface area contributed by atoms with Gasteiger partial charge < -0.3 is 19.0 Å². The summed E-state index contributed by atoms with van der Waals surface area (Å²) >= 11 is 0. The van der Waals surface area contributed by atoms with E-state index in [1.54, 1.807) is 14.0 Å². The topological polar surface area (TPSA) is 103 Å². The fourth-order valence-electron chi connectivity index (χ4n) is 2.64. The van der Waals surface area contributed by atoms with Crippen LogP contribution in [0.5, 0.6) is 5.75 Å². The quantitative estimate of drug-likeness (QED) is 0.651. The number of methoxy groups -OCH3 is 1. The Balaban J connectivity index is 1.54. The molecule has 8 nitrogen and oxygen atoms in total. The average molecular weight is 398 g/mol. The van der Waals surface area contributed by atoms with Crippen LogP contribution in [0.25, 0.3) is 11.5 Å². The number of ether oxygens (including phenoxy) is 1. The summed E-state index contributed by atoms with van der Waals surface area (Å²) < 4.78 is 16.1.